The Labute approximate surface area is 109 Å². The van der Waals surface area contributed by atoms with Gasteiger partial charge in [0.05, 0.1) is 6.04 Å². The van der Waals surface area contributed by atoms with Crippen LogP contribution >= 0.6 is 0 Å². The predicted octanol–water partition coefficient (Wildman–Crippen LogP) is 0.170. The largest absolute Gasteiger partial charge is 0.398 e. The molecule has 1 saturated heterocycles. The number of nitrogens with two attached hydrogens (primary N) is 1. The molecule has 2 rings (SSSR count). The van der Waals surface area contributed by atoms with E-state index in [0.29, 0.717) is 6.04 Å². The fourth-order valence-electron chi connectivity index (χ4n) is 2.64. The Hall–Kier alpha value is -1.17. The molecule has 1 aliphatic rings. The zero-order valence-corrected chi connectivity index (χ0v) is 11.4. The van der Waals surface area contributed by atoms with Gasteiger partial charge in [-0.1, -0.05) is 0 Å². The second kappa shape index (κ2) is 5.65. The van der Waals surface area contributed by atoms with Gasteiger partial charge < -0.3 is 16.0 Å². The summed E-state index contributed by atoms with van der Waals surface area (Å²) in [7, 11) is 6.33. The van der Waals surface area contributed by atoms with Crippen LogP contribution in [0.25, 0.3) is 0 Å². The molecule has 3 N–H and O–H groups in total. The summed E-state index contributed by atoms with van der Waals surface area (Å²) in [5.74, 6) is 0. The van der Waals surface area contributed by atoms with E-state index < -0.39 is 0 Å². The summed E-state index contributed by atoms with van der Waals surface area (Å²) in [6, 6.07) is 2.50. The first kappa shape index (κ1) is 13.3. The van der Waals surface area contributed by atoms with Crippen molar-refractivity contribution in [2.75, 3.05) is 46.5 Å². The minimum absolute atomic E-state index is 0.214. The first-order valence-electron chi connectivity index (χ1n) is 6.39. The lowest BCUT2D eigenvalue weighted by Crippen LogP contribution is -2.54. The Morgan fingerprint density at radius 1 is 1.44 bits per heavy atom. The Kier molecular flexibility index (Phi) is 4.16. The zero-order chi connectivity index (χ0) is 13.1. The maximum atomic E-state index is 6.07. The highest BCUT2D eigenvalue weighted by atomic mass is 15.3. The van der Waals surface area contributed by atoms with Crippen LogP contribution in [0.15, 0.2) is 18.5 Å². The standard InChI is InChI=1S/C13H23N5/c1-15-13(10-8-16-5-4-11(10)14)12-9-17(2)6-7-18(12)3/h4-5,8,12-13,15H,6-7,9H2,1-3H3,(H2,14,16). The highest BCUT2D eigenvalue weighted by molar-refractivity contribution is 5.46. The van der Waals surface area contributed by atoms with Gasteiger partial charge in [-0.15, -0.1) is 0 Å². The lowest BCUT2D eigenvalue weighted by Gasteiger charge is -2.42. The molecule has 18 heavy (non-hydrogen) atoms. The van der Waals surface area contributed by atoms with Gasteiger partial charge in [0.25, 0.3) is 0 Å². The van der Waals surface area contributed by atoms with Gasteiger partial charge in [-0.3, -0.25) is 9.88 Å². The molecule has 0 amide bonds. The second-order valence-corrected chi connectivity index (χ2v) is 5.08. The van der Waals surface area contributed by atoms with E-state index in [0.717, 1.165) is 30.9 Å². The summed E-state index contributed by atoms with van der Waals surface area (Å²) < 4.78 is 0. The van der Waals surface area contributed by atoms with Crippen LogP contribution in [0.3, 0.4) is 0 Å². The van der Waals surface area contributed by atoms with Gasteiger partial charge in [0.15, 0.2) is 0 Å². The number of anilines is 1. The highest BCUT2D eigenvalue weighted by Gasteiger charge is 2.30. The van der Waals surface area contributed by atoms with Gasteiger partial charge in [-0.2, -0.15) is 0 Å². The topological polar surface area (TPSA) is 57.4 Å². The third-order valence-electron chi connectivity index (χ3n) is 3.82. The van der Waals surface area contributed by atoms with Crippen LogP contribution in [-0.2, 0) is 0 Å². The van der Waals surface area contributed by atoms with Crippen molar-refractivity contribution >= 4 is 5.69 Å². The molecule has 2 atom stereocenters. The molecule has 1 fully saturated rings. The van der Waals surface area contributed by atoms with Crippen LogP contribution in [-0.4, -0.2) is 61.6 Å². The molecule has 5 nitrogen and oxygen atoms in total. The maximum Gasteiger partial charge on any atom is 0.0524 e. The lowest BCUT2D eigenvalue weighted by molar-refractivity contribution is 0.0898. The van der Waals surface area contributed by atoms with Crippen LogP contribution in [0.4, 0.5) is 5.69 Å². The number of rotatable bonds is 3. The molecular formula is C13H23N5. The Morgan fingerprint density at radius 3 is 2.89 bits per heavy atom. The predicted molar refractivity (Wildman–Crippen MR) is 74.4 cm³/mol. The number of aromatic nitrogens is 1. The lowest BCUT2D eigenvalue weighted by atomic mass is 9.96. The van der Waals surface area contributed by atoms with Gasteiger partial charge in [-0.05, 0) is 27.2 Å². The summed E-state index contributed by atoms with van der Waals surface area (Å²) in [4.78, 5) is 8.96. The molecule has 0 spiro atoms. The van der Waals surface area contributed by atoms with E-state index in [1.165, 1.54) is 0 Å². The number of nitrogen functional groups attached to an aromatic ring is 1. The van der Waals surface area contributed by atoms with Crippen molar-refractivity contribution < 1.29 is 0 Å². The number of hydrogen-bond acceptors (Lipinski definition) is 5. The summed E-state index contributed by atoms with van der Waals surface area (Å²) in [5.41, 5.74) is 7.97. The SMILES string of the molecule is CNC(c1cnccc1N)C1CN(C)CCN1C. The molecule has 0 aromatic carbocycles. The highest BCUT2D eigenvalue weighted by Crippen LogP contribution is 2.26. The van der Waals surface area contributed by atoms with E-state index in [1.807, 2.05) is 19.3 Å². The molecule has 2 unspecified atom stereocenters. The van der Waals surface area contributed by atoms with E-state index >= 15 is 0 Å². The van der Waals surface area contributed by atoms with Crippen LogP contribution in [0, 0.1) is 0 Å². The average molecular weight is 249 g/mol. The summed E-state index contributed by atoms with van der Waals surface area (Å²) in [6.07, 6.45) is 3.61. The van der Waals surface area contributed by atoms with Crippen LogP contribution in [0.1, 0.15) is 11.6 Å². The third kappa shape index (κ3) is 2.63. The quantitative estimate of drug-likeness (QED) is 0.800. The van der Waals surface area contributed by atoms with Crippen molar-refractivity contribution in [3.8, 4) is 0 Å². The molecule has 0 radical (unpaired) electrons. The van der Waals surface area contributed by atoms with Crippen LogP contribution < -0.4 is 11.1 Å². The van der Waals surface area contributed by atoms with Crippen molar-refractivity contribution in [1.82, 2.24) is 20.1 Å². The first-order chi connectivity index (χ1) is 8.63. The molecule has 0 bridgehead atoms. The summed E-state index contributed by atoms with van der Waals surface area (Å²) in [6.45, 7) is 3.24. The Bertz CT molecular complexity index is 395. The minimum Gasteiger partial charge on any atom is -0.398 e. The number of nitrogens with one attached hydrogen (secondary N) is 1. The number of pyridine rings is 1. The minimum atomic E-state index is 0.214. The van der Waals surface area contributed by atoms with E-state index in [9.17, 15) is 0 Å². The first-order valence-corrected chi connectivity index (χ1v) is 6.39. The third-order valence-corrected chi connectivity index (χ3v) is 3.82. The molecule has 1 aromatic rings. The molecule has 2 heterocycles. The molecule has 0 saturated carbocycles. The molecule has 100 valence electrons. The van der Waals surface area contributed by atoms with Crippen LogP contribution in [0.5, 0.6) is 0 Å². The molecule has 0 aliphatic carbocycles. The zero-order valence-electron chi connectivity index (χ0n) is 11.4. The van der Waals surface area contributed by atoms with Crippen molar-refractivity contribution in [2.45, 2.75) is 12.1 Å². The second-order valence-electron chi connectivity index (χ2n) is 5.08. The van der Waals surface area contributed by atoms with Gasteiger partial charge in [-0.25, -0.2) is 0 Å². The van der Waals surface area contributed by atoms with E-state index in [2.05, 4.69) is 34.2 Å². The summed E-state index contributed by atoms with van der Waals surface area (Å²) in [5, 5.41) is 3.39. The van der Waals surface area contributed by atoms with Gasteiger partial charge in [0.2, 0.25) is 0 Å². The van der Waals surface area contributed by atoms with E-state index in [-0.39, 0.29) is 6.04 Å². The molecule has 1 aliphatic heterocycles. The van der Waals surface area contributed by atoms with Crippen molar-refractivity contribution in [2.24, 2.45) is 0 Å². The number of nitrogens with zero attached hydrogens (tertiary/aromatic N) is 3. The molecule has 1 aromatic heterocycles. The van der Waals surface area contributed by atoms with Gasteiger partial charge >= 0.3 is 0 Å². The molecular weight excluding hydrogens is 226 g/mol. The van der Waals surface area contributed by atoms with Crippen molar-refractivity contribution in [3.63, 3.8) is 0 Å². The fourth-order valence-corrected chi connectivity index (χ4v) is 2.64. The Balaban J connectivity index is 2.25. The van der Waals surface area contributed by atoms with Gasteiger partial charge in [0, 0.05) is 49.3 Å². The van der Waals surface area contributed by atoms with Crippen LogP contribution in [0.2, 0.25) is 0 Å². The normalized spacial score (nSPS) is 24.1. The molecule has 5 heteroatoms. The van der Waals surface area contributed by atoms with Gasteiger partial charge in [0.1, 0.15) is 0 Å². The smallest absolute Gasteiger partial charge is 0.0524 e. The monoisotopic (exact) mass is 249 g/mol. The number of piperazine rings is 1. The van der Waals surface area contributed by atoms with E-state index in [1.54, 1.807) is 6.20 Å². The average Bonchev–Trinajstić information content (AvgIpc) is 2.36. The Morgan fingerprint density at radius 2 is 2.22 bits per heavy atom. The van der Waals surface area contributed by atoms with Crippen molar-refractivity contribution in [3.05, 3.63) is 24.0 Å². The van der Waals surface area contributed by atoms with Crippen molar-refractivity contribution in [1.29, 1.82) is 0 Å². The summed E-state index contributed by atoms with van der Waals surface area (Å²) >= 11 is 0. The number of hydrogen-bond donors (Lipinski definition) is 2. The fraction of sp³-hybridized carbons (Fsp3) is 0.615. The number of likely N-dealkylation sites (N-methyl/N-ethyl adjacent to an activating group) is 3. The van der Waals surface area contributed by atoms with E-state index in [4.69, 9.17) is 5.73 Å². The maximum absolute atomic E-state index is 6.07.